The van der Waals surface area contributed by atoms with Crippen molar-refractivity contribution in [3.8, 4) is 0 Å². The van der Waals surface area contributed by atoms with Crippen LogP contribution in [0.1, 0.15) is 64.0 Å². The fourth-order valence-electron chi connectivity index (χ4n) is 7.21. The summed E-state index contributed by atoms with van der Waals surface area (Å²) in [7, 11) is 0. The highest BCUT2D eigenvalue weighted by Crippen LogP contribution is 2.62. The number of nitrogens with one attached hydrogen (secondary N) is 2. The van der Waals surface area contributed by atoms with E-state index in [-0.39, 0.29) is 34.9 Å². The molecule has 8 nitrogen and oxygen atoms in total. The van der Waals surface area contributed by atoms with Gasteiger partial charge in [-0.25, -0.2) is 5.10 Å². The molecule has 3 fully saturated rings. The summed E-state index contributed by atoms with van der Waals surface area (Å²) in [6, 6.07) is 7.82. The van der Waals surface area contributed by atoms with Gasteiger partial charge >= 0.3 is 0 Å². The summed E-state index contributed by atoms with van der Waals surface area (Å²) in [4.78, 5) is 25.5. The highest BCUT2D eigenvalue weighted by Gasteiger charge is 2.54. The quantitative estimate of drug-likeness (QED) is 0.548. The first-order valence-corrected chi connectivity index (χ1v) is 13.9. The molecule has 2 unspecified atom stereocenters. The number of nitrogens with zero attached hydrogens (tertiary/aromatic N) is 3. The Hall–Kier alpha value is -3.26. The Morgan fingerprint density at radius 3 is 2.61 bits per heavy atom. The summed E-state index contributed by atoms with van der Waals surface area (Å²) in [5.74, 6) is 0.802. The molecule has 0 bridgehead atoms. The number of rotatable bonds is 6. The lowest BCUT2D eigenvalue weighted by atomic mass is 9.49. The number of allylic oxidation sites excluding steroid dienone is 2. The smallest absolute Gasteiger partial charge is 0.272 e. The average molecular weight is 514 g/mol. The second-order valence-electron chi connectivity index (χ2n) is 12.9. The summed E-state index contributed by atoms with van der Waals surface area (Å²) >= 11 is 0. The minimum absolute atomic E-state index is 0.0115. The van der Waals surface area contributed by atoms with E-state index in [0.717, 1.165) is 36.8 Å². The van der Waals surface area contributed by atoms with E-state index < -0.39 is 5.60 Å². The predicted octanol–water partition coefficient (Wildman–Crippen LogP) is 3.40. The third kappa shape index (κ3) is 4.10. The molecule has 1 aromatic carbocycles. The van der Waals surface area contributed by atoms with Crippen LogP contribution in [0.2, 0.25) is 0 Å². The summed E-state index contributed by atoms with van der Waals surface area (Å²) in [5.41, 5.74) is 2.09. The fourth-order valence-corrected chi connectivity index (χ4v) is 7.21. The van der Waals surface area contributed by atoms with E-state index in [0.29, 0.717) is 29.5 Å². The van der Waals surface area contributed by atoms with Crippen LogP contribution in [0.25, 0.3) is 10.8 Å². The number of fused-ring (bicyclic) bond motifs is 2. The Morgan fingerprint density at radius 2 is 1.89 bits per heavy atom. The van der Waals surface area contributed by atoms with Gasteiger partial charge in [-0.15, -0.1) is 0 Å². The number of hydrazone groups is 1. The number of amides is 1. The molecule has 198 valence electrons. The van der Waals surface area contributed by atoms with Crippen LogP contribution in [0.15, 0.2) is 58.0 Å². The zero-order chi connectivity index (χ0) is 26.2. The van der Waals surface area contributed by atoms with Gasteiger partial charge < -0.3 is 10.4 Å². The maximum absolute atomic E-state index is 13.4. The van der Waals surface area contributed by atoms with Crippen LogP contribution in [0.3, 0.4) is 0 Å². The summed E-state index contributed by atoms with van der Waals surface area (Å²) in [6.45, 7) is 3.95. The van der Waals surface area contributed by atoms with Gasteiger partial charge in [0.1, 0.15) is 5.71 Å². The highest BCUT2D eigenvalue weighted by atomic mass is 16.3. The summed E-state index contributed by atoms with van der Waals surface area (Å²) in [5, 5.41) is 29.1. The fraction of sp³-hybridized carbons (Fsp3) is 0.533. The van der Waals surface area contributed by atoms with Crippen LogP contribution in [-0.4, -0.2) is 56.2 Å². The maximum atomic E-state index is 13.4. The van der Waals surface area contributed by atoms with Gasteiger partial charge in [-0.3, -0.25) is 14.6 Å². The highest BCUT2D eigenvalue weighted by molar-refractivity contribution is 6.40. The van der Waals surface area contributed by atoms with Crippen molar-refractivity contribution in [1.82, 2.24) is 20.5 Å². The van der Waals surface area contributed by atoms with Gasteiger partial charge in [0.25, 0.3) is 11.5 Å². The van der Waals surface area contributed by atoms with E-state index in [1.165, 1.54) is 18.4 Å². The van der Waals surface area contributed by atoms with E-state index in [9.17, 15) is 14.7 Å². The van der Waals surface area contributed by atoms with E-state index in [4.69, 9.17) is 5.10 Å². The molecule has 3 saturated carbocycles. The zero-order valence-corrected chi connectivity index (χ0v) is 22.0. The van der Waals surface area contributed by atoms with Crippen molar-refractivity contribution in [3.05, 3.63) is 64.1 Å². The monoisotopic (exact) mass is 513 g/mol. The van der Waals surface area contributed by atoms with Crippen molar-refractivity contribution in [3.63, 3.8) is 0 Å². The van der Waals surface area contributed by atoms with Crippen molar-refractivity contribution in [2.24, 2.45) is 22.4 Å². The van der Waals surface area contributed by atoms with E-state index in [1.54, 1.807) is 13.8 Å². The van der Waals surface area contributed by atoms with Gasteiger partial charge in [0.15, 0.2) is 0 Å². The van der Waals surface area contributed by atoms with Crippen LogP contribution in [-0.2, 0) is 4.79 Å². The summed E-state index contributed by atoms with van der Waals surface area (Å²) in [6.07, 6.45) is 13.0. The molecule has 1 aliphatic heterocycles. The molecule has 5 aliphatic rings. The standard InChI is InChI=1S/C30H35N5O3/c1-29(2,38)16-35-24-11-18(17-7-8-17)9-10-23(24)26(34-35)28(37)31-20-14-30(15-20)12-19(13-30)25-21-5-3-4-6-22(21)27(36)33-32-25/h3-6,9-11,17,19-20,23-24,38H,7-8,12-16H2,1-2H3,(H,31,37)(H,33,36). The van der Waals surface area contributed by atoms with Crippen LogP contribution < -0.4 is 10.9 Å². The van der Waals surface area contributed by atoms with Gasteiger partial charge in [-0.05, 0) is 75.3 Å². The Kier molecular flexibility index (Phi) is 5.25. The molecule has 38 heavy (non-hydrogen) atoms. The molecule has 0 radical (unpaired) electrons. The lowest BCUT2D eigenvalue weighted by molar-refractivity contribution is -0.118. The zero-order valence-electron chi connectivity index (χ0n) is 22.0. The van der Waals surface area contributed by atoms with E-state index in [1.807, 2.05) is 29.3 Å². The number of H-pyrrole nitrogens is 1. The SMILES string of the molecule is CC(C)(O)CN1N=C(C(=O)NC2CC3(C2)CC(c2n[nH]c(=O)c4ccccc24)C3)C2C=CC(C3CC3)=CC21. The molecule has 2 heterocycles. The Bertz CT molecular complexity index is 1450. The molecule has 1 spiro atoms. The van der Waals surface area contributed by atoms with Crippen LogP contribution >= 0.6 is 0 Å². The molecule has 2 aromatic rings. The van der Waals surface area contributed by atoms with Gasteiger partial charge in [-0.1, -0.05) is 36.4 Å². The number of aliphatic hydroxyl groups is 1. The molecule has 8 heteroatoms. The third-order valence-electron chi connectivity index (χ3n) is 9.12. The first-order chi connectivity index (χ1) is 18.2. The topological polar surface area (TPSA) is 111 Å². The Labute approximate surface area is 221 Å². The number of aromatic amines is 1. The number of hydrogen-bond donors (Lipinski definition) is 3. The molecule has 1 amide bonds. The van der Waals surface area contributed by atoms with Crippen molar-refractivity contribution in [1.29, 1.82) is 0 Å². The molecule has 1 aromatic heterocycles. The average Bonchev–Trinajstić information content (AvgIpc) is 3.62. The number of carbonyl (C=O) groups is 1. The predicted molar refractivity (Wildman–Crippen MR) is 146 cm³/mol. The minimum Gasteiger partial charge on any atom is -0.389 e. The number of carbonyl (C=O) groups excluding carboxylic acids is 1. The number of aromatic nitrogens is 2. The van der Waals surface area contributed by atoms with E-state index >= 15 is 0 Å². The second-order valence-corrected chi connectivity index (χ2v) is 12.9. The van der Waals surface area contributed by atoms with Crippen molar-refractivity contribution < 1.29 is 9.90 Å². The van der Waals surface area contributed by atoms with Crippen molar-refractivity contribution >= 4 is 22.4 Å². The third-order valence-corrected chi connectivity index (χ3v) is 9.12. The van der Waals surface area contributed by atoms with Crippen LogP contribution in [0.4, 0.5) is 0 Å². The first kappa shape index (κ1) is 23.8. The lowest BCUT2D eigenvalue weighted by Crippen LogP contribution is -2.57. The van der Waals surface area contributed by atoms with Crippen molar-refractivity contribution in [2.75, 3.05) is 6.54 Å². The molecule has 4 aliphatic carbocycles. The molecule has 2 atom stereocenters. The Morgan fingerprint density at radius 1 is 1.16 bits per heavy atom. The van der Waals surface area contributed by atoms with Crippen LogP contribution in [0.5, 0.6) is 0 Å². The molecule has 0 saturated heterocycles. The van der Waals surface area contributed by atoms with Gasteiger partial charge in [-0.2, -0.15) is 10.2 Å². The van der Waals surface area contributed by atoms with Crippen molar-refractivity contribution in [2.45, 2.75) is 76.0 Å². The number of β-amino-alcohol motifs (C(OH)–C–C–N with tert-alkyl or cyclic N) is 1. The molecule has 7 rings (SSSR count). The molecular weight excluding hydrogens is 478 g/mol. The number of hydrogen-bond acceptors (Lipinski definition) is 6. The second kappa shape index (κ2) is 8.37. The number of benzene rings is 1. The van der Waals surface area contributed by atoms with Crippen LogP contribution in [0, 0.1) is 17.3 Å². The largest absolute Gasteiger partial charge is 0.389 e. The minimum atomic E-state index is -0.901. The molecular formula is C30H35N5O3. The van der Waals surface area contributed by atoms with E-state index in [2.05, 4.69) is 33.7 Å². The normalized spacial score (nSPS) is 31.9. The first-order valence-electron chi connectivity index (χ1n) is 13.9. The summed E-state index contributed by atoms with van der Waals surface area (Å²) < 4.78 is 0. The maximum Gasteiger partial charge on any atom is 0.272 e. The van der Waals surface area contributed by atoms with Gasteiger partial charge in [0, 0.05) is 17.3 Å². The molecule has 3 N–H and O–H groups in total. The van der Waals surface area contributed by atoms with Gasteiger partial charge in [0.2, 0.25) is 0 Å². The Balaban J connectivity index is 1.000. The van der Waals surface area contributed by atoms with Gasteiger partial charge in [0.05, 0.1) is 35.2 Å². The lowest BCUT2D eigenvalue weighted by Gasteiger charge is -2.57.